The Kier molecular flexibility index (Phi) is 6.18. The van der Waals surface area contributed by atoms with Crippen LogP contribution in [0, 0.1) is 0 Å². The quantitative estimate of drug-likeness (QED) is 0.388. The number of methoxy groups -OCH3 is 2. The number of imidazole rings is 1. The molecule has 11 heteroatoms. The fourth-order valence-corrected chi connectivity index (χ4v) is 3.64. The van der Waals surface area contributed by atoms with Crippen molar-refractivity contribution in [3.63, 3.8) is 0 Å². The fourth-order valence-electron chi connectivity index (χ4n) is 3.64. The summed E-state index contributed by atoms with van der Waals surface area (Å²) in [6, 6.07) is 5.75. The van der Waals surface area contributed by atoms with Gasteiger partial charge in [-0.2, -0.15) is 0 Å². The van der Waals surface area contributed by atoms with Gasteiger partial charge in [-0.15, -0.1) is 0 Å². The third-order valence-corrected chi connectivity index (χ3v) is 5.30. The van der Waals surface area contributed by atoms with Crippen molar-refractivity contribution in [2.24, 2.45) is 0 Å². The second-order valence-electron chi connectivity index (χ2n) is 7.14. The molecule has 11 nitrogen and oxygen atoms in total. The average Bonchev–Trinajstić information content (AvgIpc) is 3.35. The highest BCUT2D eigenvalue weighted by Crippen LogP contribution is 2.32. The van der Waals surface area contributed by atoms with Gasteiger partial charge in [-0.3, -0.25) is 4.57 Å². The molecule has 4 N–H and O–H groups in total. The van der Waals surface area contributed by atoms with Crippen molar-refractivity contribution in [1.82, 2.24) is 19.5 Å². The van der Waals surface area contributed by atoms with Gasteiger partial charge in [-0.1, -0.05) is 6.07 Å². The molecule has 4 rings (SSSR count). The zero-order valence-corrected chi connectivity index (χ0v) is 17.2. The summed E-state index contributed by atoms with van der Waals surface area (Å²) in [5.74, 6) is 1.88. The first kappa shape index (κ1) is 21.2. The van der Waals surface area contributed by atoms with Crippen LogP contribution in [0.2, 0.25) is 0 Å². The number of aliphatic hydroxyl groups excluding tert-OH is 3. The largest absolute Gasteiger partial charge is 0.493 e. The SMILES string of the molecule is COc1ccc(CCNc2ncnc3c2ncn3C2OC(CO)C(O)C2O)cc1OC. The van der Waals surface area contributed by atoms with E-state index in [1.165, 1.54) is 17.2 Å². The van der Waals surface area contributed by atoms with Crippen LogP contribution >= 0.6 is 0 Å². The predicted octanol–water partition coefficient (Wildman–Crippen LogP) is 0.110. The second kappa shape index (κ2) is 9.02. The van der Waals surface area contributed by atoms with Gasteiger partial charge in [0.05, 0.1) is 27.2 Å². The zero-order valence-electron chi connectivity index (χ0n) is 17.2. The molecule has 3 heterocycles. The molecule has 166 valence electrons. The minimum atomic E-state index is -1.22. The minimum Gasteiger partial charge on any atom is -0.493 e. The van der Waals surface area contributed by atoms with E-state index in [1.807, 2.05) is 18.2 Å². The highest BCUT2D eigenvalue weighted by molar-refractivity contribution is 5.82. The molecule has 31 heavy (non-hydrogen) atoms. The molecule has 0 saturated carbocycles. The molecular weight excluding hydrogens is 406 g/mol. The molecule has 1 saturated heterocycles. The lowest BCUT2D eigenvalue weighted by atomic mass is 10.1. The van der Waals surface area contributed by atoms with Crippen molar-refractivity contribution in [1.29, 1.82) is 0 Å². The third-order valence-electron chi connectivity index (χ3n) is 5.30. The van der Waals surface area contributed by atoms with Crippen molar-refractivity contribution < 1.29 is 29.5 Å². The van der Waals surface area contributed by atoms with E-state index in [0.29, 0.717) is 41.4 Å². The number of nitrogens with zero attached hydrogens (tertiary/aromatic N) is 4. The molecule has 4 atom stereocenters. The minimum absolute atomic E-state index is 0.403. The Morgan fingerprint density at radius 3 is 2.61 bits per heavy atom. The van der Waals surface area contributed by atoms with E-state index < -0.39 is 31.1 Å². The van der Waals surface area contributed by atoms with E-state index in [0.717, 1.165) is 5.56 Å². The van der Waals surface area contributed by atoms with Crippen LogP contribution in [0.1, 0.15) is 11.8 Å². The summed E-state index contributed by atoms with van der Waals surface area (Å²) in [7, 11) is 3.19. The van der Waals surface area contributed by atoms with Crippen molar-refractivity contribution in [2.45, 2.75) is 31.0 Å². The Bertz CT molecular complexity index is 1040. The summed E-state index contributed by atoms with van der Waals surface area (Å²) >= 11 is 0. The van der Waals surface area contributed by atoms with E-state index in [2.05, 4.69) is 20.3 Å². The van der Waals surface area contributed by atoms with Gasteiger partial charge < -0.3 is 34.8 Å². The number of aromatic nitrogens is 4. The summed E-state index contributed by atoms with van der Waals surface area (Å²) in [6.07, 6.45) is -0.634. The number of nitrogens with one attached hydrogen (secondary N) is 1. The Labute approximate surface area is 178 Å². The van der Waals surface area contributed by atoms with E-state index in [4.69, 9.17) is 14.2 Å². The highest BCUT2D eigenvalue weighted by Gasteiger charge is 2.44. The first-order valence-corrected chi connectivity index (χ1v) is 9.82. The standard InChI is InChI=1S/C20H25N5O6/c1-29-12-4-3-11(7-13(12)30-2)5-6-21-18-15-19(23-9-22-18)25(10-24-15)20-17(28)16(27)14(8-26)31-20/h3-4,7,9-10,14,16-17,20,26-28H,5-6,8H2,1-2H3,(H,21,22,23). The maximum atomic E-state index is 10.3. The molecule has 4 unspecified atom stereocenters. The van der Waals surface area contributed by atoms with Crippen LogP contribution in [0.15, 0.2) is 30.9 Å². The van der Waals surface area contributed by atoms with Gasteiger partial charge in [-0.25, -0.2) is 15.0 Å². The topological polar surface area (TPSA) is 144 Å². The Balaban J connectivity index is 1.49. The van der Waals surface area contributed by atoms with Gasteiger partial charge in [-0.05, 0) is 24.1 Å². The smallest absolute Gasteiger partial charge is 0.167 e. The fraction of sp³-hybridized carbons (Fsp3) is 0.450. The third kappa shape index (κ3) is 4.00. The number of hydrogen-bond donors (Lipinski definition) is 4. The monoisotopic (exact) mass is 431 g/mol. The normalized spacial score (nSPS) is 23.3. The van der Waals surface area contributed by atoms with Crippen molar-refractivity contribution >= 4 is 17.0 Å². The maximum Gasteiger partial charge on any atom is 0.167 e. The Morgan fingerprint density at radius 2 is 1.90 bits per heavy atom. The van der Waals surface area contributed by atoms with Crippen molar-refractivity contribution in [3.8, 4) is 11.5 Å². The van der Waals surface area contributed by atoms with Crippen LogP contribution in [-0.4, -0.2) is 80.5 Å². The molecule has 1 aromatic carbocycles. The molecule has 0 amide bonds. The second-order valence-corrected chi connectivity index (χ2v) is 7.14. The molecule has 1 aliphatic heterocycles. The lowest BCUT2D eigenvalue weighted by molar-refractivity contribution is -0.0511. The Morgan fingerprint density at radius 1 is 1.10 bits per heavy atom. The van der Waals surface area contributed by atoms with E-state index in [1.54, 1.807) is 14.2 Å². The van der Waals surface area contributed by atoms with Gasteiger partial charge >= 0.3 is 0 Å². The number of rotatable bonds is 8. The van der Waals surface area contributed by atoms with Crippen LogP contribution in [0.5, 0.6) is 11.5 Å². The zero-order chi connectivity index (χ0) is 22.0. The van der Waals surface area contributed by atoms with Gasteiger partial charge in [0.15, 0.2) is 34.7 Å². The molecule has 0 aliphatic carbocycles. The average molecular weight is 431 g/mol. The first-order valence-electron chi connectivity index (χ1n) is 9.82. The van der Waals surface area contributed by atoms with Crippen LogP contribution in [0.25, 0.3) is 11.2 Å². The van der Waals surface area contributed by atoms with Crippen LogP contribution in [0.4, 0.5) is 5.82 Å². The number of hydrogen-bond acceptors (Lipinski definition) is 10. The van der Waals surface area contributed by atoms with Crippen molar-refractivity contribution in [2.75, 3.05) is 32.7 Å². The summed E-state index contributed by atoms with van der Waals surface area (Å²) < 4.78 is 17.7. The van der Waals surface area contributed by atoms with Crippen LogP contribution < -0.4 is 14.8 Å². The first-order chi connectivity index (χ1) is 15.1. The molecule has 1 aliphatic rings. The summed E-state index contributed by atoms with van der Waals surface area (Å²) in [5, 5.41) is 32.9. The van der Waals surface area contributed by atoms with Gasteiger partial charge in [0.25, 0.3) is 0 Å². The van der Waals surface area contributed by atoms with E-state index in [-0.39, 0.29) is 0 Å². The number of fused-ring (bicyclic) bond motifs is 1. The van der Waals surface area contributed by atoms with Crippen molar-refractivity contribution in [3.05, 3.63) is 36.4 Å². The molecule has 0 spiro atoms. The number of aliphatic hydroxyl groups is 3. The van der Waals surface area contributed by atoms with E-state index >= 15 is 0 Å². The molecule has 0 radical (unpaired) electrons. The van der Waals surface area contributed by atoms with Gasteiger partial charge in [0, 0.05) is 6.54 Å². The summed E-state index contributed by atoms with van der Waals surface area (Å²) in [4.78, 5) is 12.9. The molecule has 0 bridgehead atoms. The molecule has 3 aromatic rings. The number of benzene rings is 1. The lowest BCUT2D eigenvalue weighted by Crippen LogP contribution is -2.33. The van der Waals surface area contributed by atoms with Gasteiger partial charge in [0.1, 0.15) is 24.6 Å². The summed E-state index contributed by atoms with van der Waals surface area (Å²) in [5.41, 5.74) is 2.01. The highest BCUT2D eigenvalue weighted by atomic mass is 16.6. The number of ether oxygens (including phenoxy) is 3. The molecule has 2 aromatic heterocycles. The van der Waals surface area contributed by atoms with Crippen LogP contribution in [0.3, 0.4) is 0 Å². The molecular formula is C20H25N5O6. The number of anilines is 1. The molecule has 1 fully saturated rings. The predicted molar refractivity (Wildman–Crippen MR) is 110 cm³/mol. The lowest BCUT2D eigenvalue weighted by Gasteiger charge is -2.16. The maximum absolute atomic E-state index is 10.3. The Hall–Kier alpha value is -2.99. The van der Waals surface area contributed by atoms with Gasteiger partial charge in [0.2, 0.25) is 0 Å². The summed E-state index contributed by atoms with van der Waals surface area (Å²) in [6.45, 7) is 0.182. The van der Waals surface area contributed by atoms with Crippen LogP contribution in [-0.2, 0) is 11.2 Å². The van der Waals surface area contributed by atoms with E-state index in [9.17, 15) is 15.3 Å².